The SMILES string of the molecule is CN.NCc1cccc(CN)c1. The summed E-state index contributed by atoms with van der Waals surface area (Å²) in [6, 6.07) is 8.00. The second-order valence-corrected chi connectivity index (χ2v) is 2.23. The minimum absolute atomic E-state index is 0.591. The molecule has 0 saturated heterocycles. The average Bonchev–Trinajstić information content (AvgIpc) is 2.21. The van der Waals surface area contributed by atoms with Crippen LogP contribution in [-0.4, -0.2) is 7.05 Å². The lowest BCUT2D eigenvalue weighted by Crippen LogP contribution is -2.00. The van der Waals surface area contributed by atoms with Gasteiger partial charge in [0.1, 0.15) is 0 Å². The van der Waals surface area contributed by atoms with E-state index in [1.54, 1.807) is 0 Å². The third kappa shape index (κ3) is 3.48. The van der Waals surface area contributed by atoms with Crippen LogP contribution in [0, 0.1) is 0 Å². The first-order chi connectivity index (χ1) is 5.86. The van der Waals surface area contributed by atoms with Crippen LogP contribution in [0.5, 0.6) is 0 Å². The highest BCUT2D eigenvalue weighted by atomic mass is 14.5. The molecule has 0 heterocycles. The van der Waals surface area contributed by atoms with Crippen molar-refractivity contribution < 1.29 is 0 Å². The lowest BCUT2D eigenvalue weighted by molar-refractivity contribution is 1.03. The molecule has 0 amide bonds. The van der Waals surface area contributed by atoms with Crippen LogP contribution in [-0.2, 0) is 13.1 Å². The van der Waals surface area contributed by atoms with Crippen molar-refractivity contribution in [2.45, 2.75) is 13.1 Å². The van der Waals surface area contributed by atoms with Gasteiger partial charge >= 0.3 is 0 Å². The number of rotatable bonds is 2. The molecular formula is C9H17N3. The van der Waals surface area contributed by atoms with Crippen LogP contribution in [0.3, 0.4) is 0 Å². The zero-order valence-corrected chi connectivity index (χ0v) is 7.46. The lowest BCUT2D eigenvalue weighted by Gasteiger charge is -1.98. The maximum atomic E-state index is 5.43. The molecule has 68 valence electrons. The highest BCUT2D eigenvalue weighted by molar-refractivity contribution is 5.22. The van der Waals surface area contributed by atoms with Crippen molar-refractivity contribution in [1.29, 1.82) is 0 Å². The molecule has 12 heavy (non-hydrogen) atoms. The smallest absolute Gasteiger partial charge is 0.0178 e. The van der Waals surface area contributed by atoms with Crippen LogP contribution in [0.1, 0.15) is 11.1 Å². The quantitative estimate of drug-likeness (QED) is 0.588. The van der Waals surface area contributed by atoms with Crippen LogP contribution < -0.4 is 17.2 Å². The molecule has 0 atom stereocenters. The van der Waals surface area contributed by atoms with Crippen LogP contribution >= 0.6 is 0 Å². The first-order valence-electron chi connectivity index (χ1n) is 3.92. The van der Waals surface area contributed by atoms with Crippen molar-refractivity contribution in [1.82, 2.24) is 0 Å². The van der Waals surface area contributed by atoms with Gasteiger partial charge in [0, 0.05) is 13.1 Å². The second-order valence-electron chi connectivity index (χ2n) is 2.23. The summed E-state index contributed by atoms with van der Waals surface area (Å²) in [4.78, 5) is 0. The molecule has 0 aliphatic carbocycles. The van der Waals surface area contributed by atoms with Gasteiger partial charge in [0.25, 0.3) is 0 Å². The van der Waals surface area contributed by atoms with E-state index in [-0.39, 0.29) is 0 Å². The van der Waals surface area contributed by atoms with Crippen LogP contribution in [0.15, 0.2) is 24.3 Å². The zero-order chi connectivity index (χ0) is 9.40. The fraction of sp³-hybridized carbons (Fsp3) is 0.333. The highest BCUT2D eigenvalue weighted by Gasteiger charge is 1.89. The van der Waals surface area contributed by atoms with Gasteiger partial charge in [0.05, 0.1) is 0 Å². The van der Waals surface area contributed by atoms with Gasteiger partial charge in [-0.2, -0.15) is 0 Å². The van der Waals surface area contributed by atoms with Crippen LogP contribution in [0.25, 0.3) is 0 Å². The Kier molecular flexibility index (Phi) is 6.28. The summed E-state index contributed by atoms with van der Waals surface area (Å²) in [5.41, 5.74) is 17.6. The molecule has 3 nitrogen and oxygen atoms in total. The van der Waals surface area contributed by atoms with E-state index in [1.807, 2.05) is 24.3 Å². The van der Waals surface area contributed by atoms with Gasteiger partial charge in [-0.1, -0.05) is 24.3 Å². The molecule has 0 bridgehead atoms. The molecule has 0 radical (unpaired) electrons. The Hall–Kier alpha value is -0.900. The van der Waals surface area contributed by atoms with Crippen LogP contribution in [0.4, 0.5) is 0 Å². The molecular weight excluding hydrogens is 150 g/mol. The summed E-state index contributed by atoms with van der Waals surface area (Å²) in [5.74, 6) is 0. The molecule has 0 unspecified atom stereocenters. The van der Waals surface area contributed by atoms with Gasteiger partial charge in [-0.05, 0) is 18.2 Å². The summed E-state index contributed by atoms with van der Waals surface area (Å²) in [6.07, 6.45) is 0. The molecule has 0 aliphatic heterocycles. The molecule has 0 aromatic heterocycles. The summed E-state index contributed by atoms with van der Waals surface area (Å²) in [6.45, 7) is 1.18. The maximum Gasteiger partial charge on any atom is 0.0178 e. The Morgan fingerprint density at radius 3 is 1.75 bits per heavy atom. The van der Waals surface area contributed by atoms with Gasteiger partial charge in [-0.25, -0.2) is 0 Å². The third-order valence-corrected chi connectivity index (χ3v) is 1.46. The first kappa shape index (κ1) is 11.1. The molecule has 0 aliphatic rings. The summed E-state index contributed by atoms with van der Waals surface area (Å²) in [5, 5.41) is 0. The molecule has 1 rings (SSSR count). The van der Waals surface area contributed by atoms with E-state index >= 15 is 0 Å². The van der Waals surface area contributed by atoms with Gasteiger partial charge in [0.15, 0.2) is 0 Å². The Bertz CT molecular complexity index is 191. The van der Waals surface area contributed by atoms with Crippen LogP contribution in [0.2, 0.25) is 0 Å². The van der Waals surface area contributed by atoms with E-state index in [0.29, 0.717) is 13.1 Å². The monoisotopic (exact) mass is 167 g/mol. The Morgan fingerprint density at radius 1 is 1.00 bits per heavy atom. The number of benzene rings is 1. The van der Waals surface area contributed by atoms with E-state index in [1.165, 1.54) is 7.05 Å². The van der Waals surface area contributed by atoms with Crippen molar-refractivity contribution in [3.8, 4) is 0 Å². The molecule has 6 N–H and O–H groups in total. The molecule has 0 fully saturated rings. The number of hydrogen-bond donors (Lipinski definition) is 3. The van der Waals surface area contributed by atoms with Gasteiger partial charge in [0.2, 0.25) is 0 Å². The standard InChI is InChI=1S/C8H12N2.CH5N/c9-5-7-2-1-3-8(4-7)6-10;1-2/h1-4H,5-6,9-10H2;2H2,1H3. The molecule has 1 aromatic carbocycles. The van der Waals surface area contributed by atoms with Gasteiger partial charge in [-0.15, -0.1) is 0 Å². The van der Waals surface area contributed by atoms with E-state index in [0.717, 1.165) is 11.1 Å². The number of hydrogen-bond acceptors (Lipinski definition) is 3. The van der Waals surface area contributed by atoms with Crippen molar-refractivity contribution in [3.05, 3.63) is 35.4 Å². The Labute approximate surface area is 73.6 Å². The molecule has 1 aromatic rings. The predicted octanol–water partition coefficient (Wildman–Crippen LogP) is 0.179. The molecule has 3 heteroatoms. The molecule has 0 spiro atoms. The summed E-state index contributed by atoms with van der Waals surface area (Å²) < 4.78 is 0. The van der Waals surface area contributed by atoms with Crippen molar-refractivity contribution in [2.24, 2.45) is 17.2 Å². The maximum absolute atomic E-state index is 5.43. The van der Waals surface area contributed by atoms with Crippen molar-refractivity contribution in [3.63, 3.8) is 0 Å². The van der Waals surface area contributed by atoms with Gasteiger partial charge in [-0.3, -0.25) is 0 Å². The van der Waals surface area contributed by atoms with E-state index in [2.05, 4.69) is 5.73 Å². The fourth-order valence-corrected chi connectivity index (χ4v) is 0.884. The average molecular weight is 167 g/mol. The lowest BCUT2D eigenvalue weighted by atomic mass is 10.1. The van der Waals surface area contributed by atoms with E-state index < -0.39 is 0 Å². The zero-order valence-electron chi connectivity index (χ0n) is 7.46. The third-order valence-electron chi connectivity index (χ3n) is 1.46. The largest absolute Gasteiger partial charge is 0.333 e. The first-order valence-corrected chi connectivity index (χ1v) is 3.92. The second kappa shape index (κ2) is 6.79. The Balaban J connectivity index is 0.000000561. The fourth-order valence-electron chi connectivity index (χ4n) is 0.884. The number of nitrogens with two attached hydrogens (primary N) is 3. The predicted molar refractivity (Wildman–Crippen MR) is 52.3 cm³/mol. The normalized spacial score (nSPS) is 8.67. The topological polar surface area (TPSA) is 78.1 Å². The van der Waals surface area contributed by atoms with Crippen molar-refractivity contribution >= 4 is 0 Å². The summed E-state index contributed by atoms with van der Waals surface area (Å²) in [7, 11) is 1.50. The summed E-state index contributed by atoms with van der Waals surface area (Å²) >= 11 is 0. The van der Waals surface area contributed by atoms with E-state index in [9.17, 15) is 0 Å². The van der Waals surface area contributed by atoms with Crippen molar-refractivity contribution in [2.75, 3.05) is 7.05 Å². The minimum atomic E-state index is 0.591. The minimum Gasteiger partial charge on any atom is -0.333 e. The Morgan fingerprint density at radius 2 is 1.42 bits per heavy atom. The van der Waals surface area contributed by atoms with Gasteiger partial charge < -0.3 is 17.2 Å². The van der Waals surface area contributed by atoms with E-state index in [4.69, 9.17) is 11.5 Å². The molecule has 0 saturated carbocycles. The highest BCUT2D eigenvalue weighted by Crippen LogP contribution is 2.02.